The number of ether oxygens (including phenoxy) is 1. The maximum absolute atomic E-state index is 11.7. The largest absolute Gasteiger partial charge is 0.497 e. The second-order valence-electron chi connectivity index (χ2n) is 4.03. The van der Waals surface area contributed by atoms with Gasteiger partial charge in [0.2, 0.25) is 0 Å². The van der Waals surface area contributed by atoms with Gasteiger partial charge in [-0.25, -0.2) is 5.10 Å². The highest BCUT2D eigenvalue weighted by molar-refractivity contribution is 5.91. The number of nitrogens with one attached hydrogen (secondary N) is 1. The number of hydrogen-bond donors (Lipinski definition) is 1. The van der Waals surface area contributed by atoms with Crippen LogP contribution in [-0.2, 0) is 0 Å². The Balaban J connectivity index is 2.24. The molecule has 0 aliphatic heterocycles. The molecule has 0 atom stereocenters. The Bertz CT molecular complexity index is 779. The predicted octanol–water partition coefficient (Wildman–Crippen LogP) is 1.99. The van der Waals surface area contributed by atoms with Gasteiger partial charge in [0, 0.05) is 17.1 Å². The summed E-state index contributed by atoms with van der Waals surface area (Å²) in [7, 11) is 1.62. The van der Waals surface area contributed by atoms with Gasteiger partial charge in [0.15, 0.2) is 0 Å². The summed E-state index contributed by atoms with van der Waals surface area (Å²) < 4.78 is 5.12. The van der Waals surface area contributed by atoms with Crippen LogP contribution in [-0.4, -0.2) is 22.3 Å². The van der Waals surface area contributed by atoms with Crippen molar-refractivity contribution in [3.63, 3.8) is 0 Å². The summed E-state index contributed by atoms with van der Waals surface area (Å²) in [5.74, 6) is 0.774. The minimum Gasteiger partial charge on any atom is -0.497 e. The molecule has 94 valence electrons. The monoisotopic (exact) mass is 253 g/mol. The molecule has 5 nitrogen and oxygen atoms in total. The van der Waals surface area contributed by atoms with Crippen molar-refractivity contribution in [1.82, 2.24) is 15.2 Å². The van der Waals surface area contributed by atoms with E-state index in [0.717, 1.165) is 16.7 Å². The average molecular weight is 253 g/mol. The van der Waals surface area contributed by atoms with Crippen LogP contribution in [0.4, 0.5) is 0 Å². The van der Waals surface area contributed by atoms with Gasteiger partial charge < -0.3 is 4.74 Å². The van der Waals surface area contributed by atoms with Crippen molar-refractivity contribution < 1.29 is 4.74 Å². The maximum Gasteiger partial charge on any atom is 0.290 e. The van der Waals surface area contributed by atoms with Crippen molar-refractivity contribution in [2.45, 2.75) is 0 Å². The van der Waals surface area contributed by atoms with Gasteiger partial charge in [-0.3, -0.25) is 9.78 Å². The third kappa shape index (κ3) is 1.95. The van der Waals surface area contributed by atoms with E-state index in [1.165, 1.54) is 0 Å². The van der Waals surface area contributed by atoms with Gasteiger partial charge in [0.25, 0.3) is 5.56 Å². The number of hydrogen-bond acceptors (Lipinski definition) is 4. The molecule has 0 saturated carbocycles. The number of benzene rings is 1. The molecule has 0 radical (unpaired) electrons. The highest BCUT2D eigenvalue weighted by atomic mass is 16.5. The second kappa shape index (κ2) is 4.53. The summed E-state index contributed by atoms with van der Waals surface area (Å²) >= 11 is 0. The Labute approximate surface area is 108 Å². The van der Waals surface area contributed by atoms with Crippen LogP contribution < -0.4 is 10.3 Å². The molecule has 0 aliphatic carbocycles. The molecule has 2 heterocycles. The summed E-state index contributed by atoms with van der Waals surface area (Å²) in [5.41, 5.74) is 1.71. The molecule has 0 aliphatic rings. The molecule has 5 heteroatoms. The van der Waals surface area contributed by atoms with E-state index in [4.69, 9.17) is 4.74 Å². The van der Waals surface area contributed by atoms with E-state index in [9.17, 15) is 4.79 Å². The number of rotatable bonds is 2. The van der Waals surface area contributed by atoms with E-state index < -0.39 is 0 Å². The number of aromatic amines is 1. The van der Waals surface area contributed by atoms with E-state index in [1.807, 2.05) is 30.3 Å². The fourth-order valence-electron chi connectivity index (χ4n) is 1.97. The van der Waals surface area contributed by atoms with Crippen molar-refractivity contribution in [3.8, 4) is 17.0 Å². The Morgan fingerprint density at radius 2 is 1.95 bits per heavy atom. The van der Waals surface area contributed by atoms with E-state index in [1.54, 1.807) is 19.4 Å². The van der Waals surface area contributed by atoms with Gasteiger partial charge in [0.1, 0.15) is 17.0 Å². The number of H-pyrrole nitrogens is 1. The molecule has 1 N–H and O–H groups in total. The lowest BCUT2D eigenvalue weighted by atomic mass is 10.1. The fourth-order valence-corrected chi connectivity index (χ4v) is 1.97. The maximum atomic E-state index is 11.7. The standard InChI is InChI=1S/C14H11N3O2/c1-19-10-6-4-9(5-7-10)12-11-3-2-8-15-13(11)14(18)17-16-12/h2-8H,1H3,(H,17,18). The van der Waals surface area contributed by atoms with Gasteiger partial charge in [-0.1, -0.05) is 0 Å². The van der Waals surface area contributed by atoms with Crippen LogP contribution in [0.3, 0.4) is 0 Å². The molecule has 19 heavy (non-hydrogen) atoms. The van der Waals surface area contributed by atoms with Crippen LogP contribution in [0.5, 0.6) is 5.75 Å². The number of methoxy groups -OCH3 is 1. The van der Waals surface area contributed by atoms with E-state index in [2.05, 4.69) is 15.2 Å². The van der Waals surface area contributed by atoms with E-state index >= 15 is 0 Å². The minimum absolute atomic E-state index is 0.284. The first-order valence-electron chi connectivity index (χ1n) is 5.77. The number of aromatic nitrogens is 3. The first-order chi connectivity index (χ1) is 9.29. The van der Waals surface area contributed by atoms with E-state index in [0.29, 0.717) is 11.2 Å². The highest BCUT2D eigenvalue weighted by Crippen LogP contribution is 2.24. The Morgan fingerprint density at radius 3 is 2.68 bits per heavy atom. The van der Waals surface area contributed by atoms with Gasteiger partial charge in [-0.15, -0.1) is 0 Å². The number of pyridine rings is 1. The molecule has 0 amide bonds. The highest BCUT2D eigenvalue weighted by Gasteiger charge is 2.08. The lowest BCUT2D eigenvalue weighted by molar-refractivity contribution is 0.415. The first kappa shape index (κ1) is 11.4. The zero-order valence-corrected chi connectivity index (χ0v) is 10.3. The summed E-state index contributed by atoms with van der Waals surface area (Å²) in [6.07, 6.45) is 1.59. The Hall–Kier alpha value is -2.69. The summed E-state index contributed by atoms with van der Waals surface area (Å²) in [5, 5.41) is 7.32. The fraction of sp³-hybridized carbons (Fsp3) is 0.0714. The summed E-state index contributed by atoms with van der Waals surface area (Å²) in [4.78, 5) is 15.8. The molecule has 3 aromatic rings. The quantitative estimate of drug-likeness (QED) is 0.758. The molecule has 1 aromatic carbocycles. The van der Waals surface area contributed by atoms with Crippen LogP contribution in [0, 0.1) is 0 Å². The van der Waals surface area contributed by atoms with Crippen molar-refractivity contribution in [2.75, 3.05) is 7.11 Å². The van der Waals surface area contributed by atoms with Crippen LogP contribution in [0.25, 0.3) is 22.2 Å². The molecule has 0 unspecified atom stereocenters. The molecular formula is C14H11N3O2. The smallest absolute Gasteiger partial charge is 0.290 e. The van der Waals surface area contributed by atoms with Crippen molar-refractivity contribution in [2.24, 2.45) is 0 Å². The minimum atomic E-state index is -0.284. The van der Waals surface area contributed by atoms with Crippen molar-refractivity contribution >= 4 is 10.9 Å². The normalized spacial score (nSPS) is 10.6. The lowest BCUT2D eigenvalue weighted by Crippen LogP contribution is -2.10. The number of nitrogens with zero attached hydrogens (tertiary/aromatic N) is 2. The van der Waals surface area contributed by atoms with Crippen LogP contribution >= 0.6 is 0 Å². The van der Waals surface area contributed by atoms with Crippen LogP contribution in [0.2, 0.25) is 0 Å². The molecular weight excluding hydrogens is 242 g/mol. The molecule has 0 bridgehead atoms. The molecule has 0 saturated heterocycles. The third-order valence-corrected chi connectivity index (χ3v) is 2.91. The topological polar surface area (TPSA) is 67.9 Å². The van der Waals surface area contributed by atoms with Gasteiger partial charge in [0.05, 0.1) is 7.11 Å². The summed E-state index contributed by atoms with van der Waals surface area (Å²) in [6, 6.07) is 11.1. The van der Waals surface area contributed by atoms with Gasteiger partial charge >= 0.3 is 0 Å². The van der Waals surface area contributed by atoms with Crippen LogP contribution in [0.1, 0.15) is 0 Å². The molecule has 0 fully saturated rings. The lowest BCUT2D eigenvalue weighted by Gasteiger charge is -2.05. The van der Waals surface area contributed by atoms with Crippen LogP contribution in [0.15, 0.2) is 47.4 Å². The molecule has 0 spiro atoms. The van der Waals surface area contributed by atoms with Gasteiger partial charge in [-0.05, 0) is 36.4 Å². The molecule has 2 aromatic heterocycles. The van der Waals surface area contributed by atoms with Gasteiger partial charge in [-0.2, -0.15) is 5.10 Å². The molecule has 3 rings (SSSR count). The third-order valence-electron chi connectivity index (χ3n) is 2.91. The SMILES string of the molecule is COc1ccc(-c2n[nH]c(=O)c3ncccc23)cc1. The Kier molecular flexibility index (Phi) is 2.72. The second-order valence-corrected chi connectivity index (χ2v) is 4.03. The Morgan fingerprint density at radius 1 is 1.16 bits per heavy atom. The zero-order valence-electron chi connectivity index (χ0n) is 10.3. The summed E-state index contributed by atoms with van der Waals surface area (Å²) in [6.45, 7) is 0. The predicted molar refractivity (Wildman–Crippen MR) is 72.1 cm³/mol. The van der Waals surface area contributed by atoms with Crippen molar-refractivity contribution in [3.05, 3.63) is 52.9 Å². The first-order valence-corrected chi connectivity index (χ1v) is 5.77. The number of fused-ring (bicyclic) bond motifs is 1. The van der Waals surface area contributed by atoms with E-state index in [-0.39, 0.29) is 5.56 Å². The average Bonchev–Trinajstić information content (AvgIpc) is 2.48. The van der Waals surface area contributed by atoms with Crippen molar-refractivity contribution in [1.29, 1.82) is 0 Å². The zero-order chi connectivity index (χ0) is 13.2.